The molecule has 0 bridgehead atoms. The second-order valence-corrected chi connectivity index (χ2v) is 3.75. The highest BCUT2D eigenvalue weighted by Gasteiger charge is 1.95. The zero-order chi connectivity index (χ0) is 13.8. The van der Waals surface area contributed by atoms with E-state index in [4.69, 9.17) is 21.7 Å². The van der Waals surface area contributed by atoms with Gasteiger partial charge in [-0.05, 0) is 17.8 Å². The van der Waals surface area contributed by atoms with Crippen molar-refractivity contribution in [3.8, 4) is 0 Å². The van der Waals surface area contributed by atoms with Crippen LogP contribution in [0.2, 0.25) is 0 Å². The molecule has 0 atom stereocenters. The molecule has 0 aliphatic carbocycles. The zero-order valence-electron chi connectivity index (χ0n) is 9.54. The second-order valence-electron chi connectivity index (χ2n) is 2.94. The Hall–Kier alpha value is -1.60. The summed E-state index contributed by atoms with van der Waals surface area (Å²) in [7, 11) is 0. The molecule has 0 aromatic heterocycles. The molecule has 0 saturated heterocycles. The third-order valence-corrected chi connectivity index (χ3v) is 1.82. The SMILES string of the molecule is NC(=O)S.O=CCOC(=S)NCc1ccccc1. The summed E-state index contributed by atoms with van der Waals surface area (Å²) in [4.78, 5) is 19.1. The number of hydrogen-bond donors (Lipinski definition) is 3. The van der Waals surface area contributed by atoms with Crippen molar-refractivity contribution < 1.29 is 14.3 Å². The normalized spacial score (nSPS) is 8.50. The summed E-state index contributed by atoms with van der Waals surface area (Å²) >= 11 is 7.93. The van der Waals surface area contributed by atoms with Crippen molar-refractivity contribution in [3.05, 3.63) is 35.9 Å². The summed E-state index contributed by atoms with van der Waals surface area (Å²) < 4.78 is 4.87. The maximum absolute atomic E-state index is 9.97. The molecule has 0 unspecified atom stereocenters. The molecular weight excluding hydrogens is 272 g/mol. The Morgan fingerprint density at radius 1 is 1.44 bits per heavy atom. The van der Waals surface area contributed by atoms with Crippen LogP contribution < -0.4 is 11.1 Å². The van der Waals surface area contributed by atoms with E-state index in [0.717, 1.165) is 5.56 Å². The molecule has 0 fully saturated rings. The summed E-state index contributed by atoms with van der Waals surface area (Å²) in [5.41, 5.74) is 5.45. The first-order valence-corrected chi connectivity index (χ1v) is 5.78. The van der Waals surface area contributed by atoms with Crippen molar-refractivity contribution >= 4 is 41.5 Å². The topological polar surface area (TPSA) is 81.4 Å². The van der Waals surface area contributed by atoms with E-state index < -0.39 is 5.24 Å². The van der Waals surface area contributed by atoms with Crippen molar-refractivity contribution in [1.82, 2.24) is 5.32 Å². The minimum Gasteiger partial charge on any atom is -0.463 e. The molecule has 0 saturated carbocycles. The van der Waals surface area contributed by atoms with Gasteiger partial charge in [0.25, 0.3) is 10.4 Å². The van der Waals surface area contributed by atoms with E-state index in [-0.39, 0.29) is 11.8 Å². The fourth-order valence-corrected chi connectivity index (χ4v) is 1.07. The summed E-state index contributed by atoms with van der Waals surface area (Å²) in [5.74, 6) is 0. The van der Waals surface area contributed by atoms with Gasteiger partial charge >= 0.3 is 0 Å². The summed E-state index contributed by atoms with van der Waals surface area (Å²) in [6.07, 6.45) is 0.663. The highest BCUT2D eigenvalue weighted by atomic mass is 32.1. The lowest BCUT2D eigenvalue weighted by Crippen LogP contribution is -2.24. The predicted octanol–water partition coefficient (Wildman–Crippen LogP) is 1.27. The number of thiol groups is 1. The van der Waals surface area contributed by atoms with E-state index in [2.05, 4.69) is 23.7 Å². The minimum atomic E-state index is -0.639. The van der Waals surface area contributed by atoms with Crippen LogP contribution in [0.25, 0.3) is 0 Å². The van der Waals surface area contributed by atoms with E-state index >= 15 is 0 Å². The van der Waals surface area contributed by atoms with E-state index in [1.807, 2.05) is 30.3 Å². The van der Waals surface area contributed by atoms with E-state index in [9.17, 15) is 4.79 Å². The van der Waals surface area contributed by atoms with Gasteiger partial charge in [-0.3, -0.25) is 9.59 Å². The maximum Gasteiger partial charge on any atom is 0.273 e. The van der Waals surface area contributed by atoms with Crippen molar-refractivity contribution in [2.75, 3.05) is 6.61 Å². The molecule has 7 heteroatoms. The molecule has 0 aliphatic rings. The largest absolute Gasteiger partial charge is 0.463 e. The highest BCUT2D eigenvalue weighted by Crippen LogP contribution is 1.97. The second kappa shape index (κ2) is 10.5. The number of nitrogens with one attached hydrogen (secondary N) is 1. The van der Waals surface area contributed by atoms with Crippen LogP contribution in [0.15, 0.2) is 30.3 Å². The molecule has 0 aliphatic heterocycles. The molecule has 1 aromatic carbocycles. The molecular formula is C11H14N2O3S2. The molecule has 1 amide bonds. The number of amides is 1. The maximum atomic E-state index is 9.97. The van der Waals surface area contributed by atoms with Gasteiger partial charge in [-0.15, -0.1) is 0 Å². The number of ether oxygens (including phenoxy) is 1. The monoisotopic (exact) mass is 286 g/mol. The van der Waals surface area contributed by atoms with Gasteiger partial charge in [0.2, 0.25) is 0 Å². The fourth-order valence-electron chi connectivity index (χ4n) is 0.931. The number of benzene rings is 1. The molecule has 3 N–H and O–H groups in total. The summed E-state index contributed by atoms with van der Waals surface area (Å²) in [6, 6.07) is 9.81. The van der Waals surface area contributed by atoms with Crippen LogP contribution in [0.3, 0.4) is 0 Å². The quantitative estimate of drug-likeness (QED) is 0.441. The summed E-state index contributed by atoms with van der Waals surface area (Å²) in [5, 5.41) is 2.50. The molecule has 5 nitrogen and oxygen atoms in total. The zero-order valence-corrected chi connectivity index (χ0v) is 11.2. The van der Waals surface area contributed by atoms with Gasteiger partial charge in [0, 0.05) is 6.54 Å². The van der Waals surface area contributed by atoms with E-state index in [0.29, 0.717) is 12.8 Å². The van der Waals surface area contributed by atoms with E-state index in [1.165, 1.54) is 0 Å². The van der Waals surface area contributed by atoms with Gasteiger partial charge in [-0.1, -0.05) is 43.0 Å². The standard InChI is InChI=1S/C10H11NO2S.CH3NOS/c12-6-7-13-10(14)11-8-9-4-2-1-3-5-9;2-1(3)4/h1-6H,7-8H2,(H,11,14);(H3,2,3,4). The average Bonchev–Trinajstić information content (AvgIpc) is 2.34. The van der Waals surface area contributed by atoms with Crippen LogP contribution >= 0.6 is 24.8 Å². The Kier molecular flexibility index (Phi) is 9.61. The van der Waals surface area contributed by atoms with Crippen molar-refractivity contribution in [2.24, 2.45) is 5.73 Å². The van der Waals surface area contributed by atoms with Crippen molar-refractivity contribution in [1.29, 1.82) is 0 Å². The lowest BCUT2D eigenvalue weighted by molar-refractivity contribution is -0.109. The van der Waals surface area contributed by atoms with Gasteiger partial charge in [0.05, 0.1) is 0 Å². The number of rotatable bonds is 4. The molecule has 0 spiro atoms. The minimum absolute atomic E-state index is 0.000618. The highest BCUT2D eigenvalue weighted by molar-refractivity contribution is 7.96. The number of hydrogen-bond acceptors (Lipinski definition) is 4. The molecule has 18 heavy (non-hydrogen) atoms. The van der Waals surface area contributed by atoms with Crippen LogP contribution in [0.5, 0.6) is 0 Å². The third kappa shape index (κ3) is 10.9. The Bertz CT molecular complexity index is 381. The van der Waals surface area contributed by atoms with Crippen LogP contribution in [0.4, 0.5) is 4.79 Å². The predicted molar refractivity (Wildman–Crippen MR) is 76.5 cm³/mol. The van der Waals surface area contributed by atoms with Gasteiger partial charge < -0.3 is 15.8 Å². The number of primary amides is 1. The van der Waals surface area contributed by atoms with Crippen molar-refractivity contribution in [3.63, 3.8) is 0 Å². The summed E-state index contributed by atoms with van der Waals surface area (Å²) in [6.45, 7) is 0.610. The molecule has 98 valence electrons. The molecule has 1 aromatic rings. The Morgan fingerprint density at radius 3 is 2.50 bits per heavy atom. The average molecular weight is 286 g/mol. The fraction of sp³-hybridized carbons (Fsp3) is 0.182. The van der Waals surface area contributed by atoms with Gasteiger partial charge in [-0.25, -0.2) is 0 Å². The molecule has 0 radical (unpaired) electrons. The van der Waals surface area contributed by atoms with Crippen LogP contribution in [0.1, 0.15) is 5.56 Å². The lowest BCUT2D eigenvalue weighted by atomic mass is 10.2. The Labute approximate surface area is 116 Å². The van der Waals surface area contributed by atoms with Crippen LogP contribution in [0, 0.1) is 0 Å². The van der Waals surface area contributed by atoms with Gasteiger partial charge in [0.1, 0.15) is 6.61 Å². The van der Waals surface area contributed by atoms with Gasteiger partial charge in [-0.2, -0.15) is 0 Å². The number of carbonyl (C=O) groups excluding carboxylic acids is 2. The first-order valence-electron chi connectivity index (χ1n) is 4.93. The van der Waals surface area contributed by atoms with Gasteiger partial charge in [0.15, 0.2) is 6.29 Å². The molecule has 0 heterocycles. The Morgan fingerprint density at radius 2 is 2.00 bits per heavy atom. The number of aldehydes is 1. The number of carbonyl (C=O) groups is 2. The molecule has 1 rings (SSSR count). The third-order valence-electron chi connectivity index (χ3n) is 1.56. The van der Waals surface area contributed by atoms with E-state index in [1.54, 1.807) is 0 Å². The number of thiocarbonyl (C=S) groups is 1. The lowest BCUT2D eigenvalue weighted by Gasteiger charge is -2.06. The van der Waals surface area contributed by atoms with Crippen LogP contribution in [-0.4, -0.2) is 23.3 Å². The Balaban J connectivity index is 0.000000631. The number of nitrogens with two attached hydrogens (primary N) is 1. The smallest absolute Gasteiger partial charge is 0.273 e. The first kappa shape index (κ1) is 16.4. The van der Waals surface area contributed by atoms with Crippen LogP contribution in [-0.2, 0) is 16.1 Å². The first-order chi connectivity index (χ1) is 8.56. The van der Waals surface area contributed by atoms with Crippen molar-refractivity contribution in [2.45, 2.75) is 6.54 Å².